The molecule has 0 unspecified atom stereocenters. The maximum Gasteiger partial charge on any atom is 0.264 e. The van der Waals surface area contributed by atoms with Gasteiger partial charge in [-0.05, 0) is 79.8 Å². The monoisotopic (exact) mass is 735 g/mol. The Bertz CT molecular complexity index is 1800. The van der Waals surface area contributed by atoms with Crippen molar-refractivity contribution in [3.05, 3.63) is 129 Å². The molecule has 2 amide bonds. The van der Waals surface area contributed by atoms with E-state index in [-0.39, 0.29) is 29.8 Å². The second-order valence-electron chi connectivity index (χ2n) is 12.1. The summed E-state index contributed by atoms with van der Waals surface area (Å²) in [6, 6.07) is 27.8. The summed E-state index contributed by atoms with van der Waals surface area (Å²) in [4.78, 5) is 30.4. The highest BCUT2D eigenvalue weighted by atomic mass is 79.9. The third-order valence-corrected chi connectivity index (χ3v) is 11.3. The lowest BCUT2D eigenvalue weighted by molar-refractivity contribution is -0.140. The predicted octanol–water partition coefficient (Wildman–Crippen LogP) is 7.61. The van der Waals surface area contributed by atoms with Crippen LogP contribution in [-0.2, 0) is 32.6 Å². The van der Waals surface area contributed by atoms with Crippen LogP contribution in [0, 0.1) is 13.8 Å². The minimum Gasteiger partial charge on any atom is -0.352 e. The maximum absolute atomic E-state index is 14.7. The molecular formula is C37H39BrClN3O4S. The van der Waals surface area contributed by atoms with Crippen LogP contribution in [0.5, 0.6) is 0 Å². The van der Waals surface area contributed by atoms with Crippen LogP contribution < -0.4 is 9.62 Å². The summed E-state index contributed by atoms with van der Waals surface area (Å²) in [6.07, 6.45) is 4.13. The van der Waals surface area contributed by atoms with Crippen molar-refractivity contribution in [1.29, 1.82) is 0 Å². The van der Waals surface area contributed by atoms with Gasteiger partial charge in [-0.25, -0.2) is 8.42 Å². The second-order valence-corrected chi connectivity index (χ2v) is 15.2. The zero-order chi connectivity index (χ0) is 33.6. The number of hydrogen-bond donors (Lipinski definition) is 1. The zero-order valence-corrected chi connectivity index (χ0v) is 29.7. The first-order valence-corrected chi connectivity index (χ1v) is 18.4. The number of anilines is 1. The van der Waals surface area contributed by atoms with Crippen LogP contribution in [-0.4, -0.2) is 43.8 Å². The number of halogens is 2. The van der Waals surface area contributed by atoms with E-state index in [1.165, 1.54) is 17.0 Å². The fourth-order valence-corrected chi connectivity index (χ4v) is 7.83. The van der Waals surface area contributed by atoms with E-state index in [9.17, 15) is 18.0 Å². The molecule has 0 saturated heterocycles. The molecule has 0 aromatic heterocycles. The normalized spacial score (nSPS) is 14.0. The average Bonchev–Trinajstić information content (AvgIpc) is 3.57. The van der Waals surface area contributed by atoms with E-state index in [2.05, 4.69) is 21.2 Å². The van der Waals surface area contributed by atoms with Gasteiger partial charge in [0.05, 0.1) is 10.6 Å². The molecule has 246 valence electrons. The van der Waals surface area contributed by atoms with Crippen molar-refractivity contribution in [2.75, 3.05) is 10.8 Å². The molecule has 7 nitrogen and oxygen atoms in total. The largest absolute Gasteiger partial charge is 0.352 e. The molecule has 4 aromatic carbocycles. The Morgan fingerprint density at radius 2 is 1.53 bits per heavy atom. The van der Waals surface area contributed by atoms with Gasteiger partial charge in [0.15, 0.2) is 0 Å². The van der Waals surface area contributed by atoms with E-state index < -0.39 is 28.5 Å². The Morgan fingerprint density at radius 3 is 2.19 bits per heavy atom. The molecule has 0 aliphatic heterocycles. The number of hydrogen-bond acceptors (Lipinski definition) is 4. The van der Waals surface area contributed by atoms with Crippen molar-refractivity contribution < 1.29 is 18.0 Å². The SMILES string of the molecule is Cc1ccc(S(=O)(=O)N(CC(=O)N(Cc2ccc(Br)cc2)[C@@H](Cc2ccccc2)C(=O)NC2CCCC2)c2cccc(Cl)c2C)cc1. The molecule has 1 aliphatic rings. The molecule has 47 heavy (non-hydrogen) atoms. The first kappa shape index (κ1) is 34.7. The minimum absolute atomic E-state index is 0.0397. The van der Waals surface area contributed by atoms with E-state index in [1.54, 1.807) is 37.3 Å². The lowest BCUT2D eigenvalue weighted by Crippen LogP contribution is -2.54. The number of nitrogens with one attached hydrogen (secondary N) is 1. The summed E-state index contributed by atoms with van der Waals surface area (Å²) in [7, 11) is -4.22. The van der Waals surface area contributed by atoms with Crippen molar-refractivity contribution in [3.8, 4) is 0 Å². The molecule has 1 N–H and O–H groups in total. The summed E-state index contributed by atoms with van der Waals surface area (Å²) in [5, 5.41) is 3.58. The van der Waals surface area contributed by atoms with Gasteiger partial charge in [-0.15, -0.1) is 0 Å². The molecule has 5 rings (SSSR count). The Hall–Kier alpha value is -3.66. The summed E-state index contributed by atoms with van der Waals surface area (Å²) in [6.45, 7) is 3.18. The van der Waals surface area contributed by atoms with Gasteiger partial charge < -0.3 is 10.2 Å². The van der Waals surface area contributed by atoms with Gasteiger partial charge in [-0.3, -0.25) is 13.9 Å². The first-order valence-electron chi connectivity index (χ1n) is 15.8. The Labute approximate surface area is 291 Å². The highest BCUT2D eigenvalue weighted by Gasteiger charge is 2.36. The fourth-order valence-electron chi connectivity index (χ4n) is 5.93. The lowest BCUT2D eigenvalue weighted by Gasteiger charge is -2.34. The molecule has 1 saturated carbocycles. The van der Waals surface area contributed by atoms with Crippen LogP contribution in [0.2, 0.25) is 5.02 Å². The van der Waals surface area contributed by atoms with Crippen molar-refractivity contribution >= 4 is 55.1 Å². The number of rotatable bonds is 12. The average molecular weight is 737 g/mol. The van der Waals surface area contributed by atoms with Gasteiger partial charge in [-0.2, -0.15) is 0 Å². The standard InChI is InChI=1S/C37H39BrClN3O4S/c1-26-15-21-32(22-16-26)47(45,46)42(34-14-8-13-33(39)27(34)2)25-36(43)41(24-29-17-19-30(38)20-18-29)35(23-28-9-4-3-5-10-28)37(44)40-31-11-6-7-12-31/h3-5,8-10,13-22,31,35H,6-7,11-12,23-25H2,1-2H3,(H,40,44)/t35-/m0/s1. The van der Waals surface area contributed by atoms with Crippen LogP contribution in [0.1, 0.15) is 47.9 Å². The van der Waals surface area contributed by atoms with Crippen LogP contribution in [0.4, 0.5) is 5.69 Å². The van der Waals surface area contributed by atoms with Crippen LogP contribution in [0.25, 0.3) is 0 Å². The quantitative estimate of drug-likeness (QED) is 0.162. The molecule has 4 aromatic rings. The summed E-state index contributed by atoms with van der Waals surface area (Å²) < 4.78 is 30.6. The fraction of sp³-hybridized carbons (Fsp3) is 0.297. The summed E-state index contributed by atoms with van der Waals surface area (Å²) >= 11 is 9.96. The molecule has 0 bridgehead atoms. The van der Waals surface area contributed by atoms with E-state index >= 15 is 0 Å². The highest BCUT2D eigenvalue weighted by molar-refractivity contribution is 9.10. The highest BCUT2D eigenvalue weighted by Crippen LogP contribution is 2.32. The van der Waals surface area contributed by atoms with Gasteiger partial charge in [-0.1, -0.05) is 107 Å². The molecule has 0 heterocycles. The molecule has 0 radical (unpaired) electrons. The Balaban J connectivity index is 1.58. The topological polar surface area (TPSA) is 86.8 Å². The van der Waals surface area contributed by atoms with Gasteiger partial charge in [0.1, 0.15) is 12.6 Å². The number of amides is 2. The molecule has 1 fully saturated rings. The Kier molecular flexibility index (Phi) is 11.4. The van der Waals surface area contributed by atoms with Crippen molar-refractivity contribution in [2.45, 2.75) is 69.5 Å². The predicted molar refractivity (Wildman–Crippen MR) is 191 cm³/mol. The third-order valence-electron chi connectivity index (χ3n) is 8.63. The molecule has 1 aliphatic carbocycles. The van der Waals surface area contributed by atoms with E-state index in [1.807, 2.05) is 61.5 Å². The van der Waals surface area contributed by atoms with Crippen molar-refractivity contribution in [3.63, 3.8) is 0 Å². The molecule has 1 atom stereocenters. The number of carbonyl (C=O) groups excluding carboxylic acids is 2. The van der Waals surface area contributed by atoms with E-state index in [4.69, 9.17) is 11.6 Å². The maximum atomic E-state index is 14.7. The summed E-state index contributed by atoms with van der Waals surface area (Å²) in [5.74, 6) is -0.761. The van der Waals surface area contributed by atoms with Crippen molar-refractivity contribution in [1.82, 2.24) is 10.2 Å². The first-order chi connectivity index (χ1) is 22.5. The van der Waals surface area contributed by atoms with Gasteiger partial charge in [0.2, 0.25) is 11.8 Å². The lowest BCUT2D eigenvalue weighted by atomic mass is 10.0. The second kappa shape index (κ2) is 15.5. The Morgan fingerprint density at radius 1 is 0.872 bits per heavy atom. The van der Waals surface area contributed by atoms with Crippen LogP contribution >= 0.6 is 27.5 Å². The van der Waals surface area contributed by atoms with E-state index in [0.717, 1.165) is 51.2 Å². The smallest absolute Gasteiger partial charge is 0.264 e. The molecular weight excluding hydrogens is 698 g/mol. The number of sulfonamides is 1. The number of aryl methyl sites for hydroxylation is 1. The van der Waals surface area contributed by atoms with Gasteiger partial charge >= 0.3 is 0 Å². The molecule has 10 heteroatoms. The van der Waals surface area contributed by atoms with Crippen LogP contribution in [0.3, 0.4) is 0 Å². The van der Waals surface area contributed by atoms with Crippen LogP contribution in [0.15, 0.2) is 106 Å². The number of benzene rings is 4. The molecule has 0 spiro atoms. The minimum atomic E-state index is -4.22. The third kappa shape index (κ3) is 8.63. The number of carbonyl (C=O) groups is 2. The van der Waals surface area contributed by atoms with E-state index in [0.29, 0.717) is 16.3 Å². The summed E-state index contributed by atoms with van der Waals surface area (Å²) in [5.41, 5.74) is 3.42. The van der Waals surface area contributed by atoms with Crippen molar-refractivity contribution in [2.24, 2.45) is 0 Å². The van der Waals surface area contributed by atoms with Gasteiger partial charge in [0.25, 0.3) is 10.0 Å². The zero-order valence-electron chi connectivity index (χ0n) is 26.5. The van der Waals surface area contributed by atoms with Gasteiger partial charge in [0, 0.05) is 28.5 Å². The number of nitrogens with zero attached hydrogens (tertiary/aromatic N) is 2.